The highest BCUT2D eigenvalue weighted by Gasteiger charge is 2.49. The first-order valence-corrected chi connectivity index (χ1v) is 10.1. The number of thiophene rings is 1. The van der Waals surface area contributed by atoms with Gasteiger partial charge in [-0.3, -0.25) is 4.79 Å². The molecule has 2 aromatic rings. The third-order valence-electron chi connectivity index (χ3n) is 4.42. The van der Waals surface area contributed by atoms with Crippen LogP contribution in [0.5, 0.6) is 5.75 Å². The van der Waals surface area contributed by atoms with Crippen LogP contribution in [0.25, 0.3) is 0 Å². The molecule has 5 nitrogen and oxygen atoms in total. The molecule has 0 radical (unpaired) electrons. The highest BCUT2D eigenvalue weighted by Crippen LogP contribution is 2.40. The van der Waals surface area contributed by atoms with Crippen molar-refractivity contribution in [1.29, 1.82) is 0 Å². The van der Waals surface area contributed by atoms with Crippen molar-refractivity contribution in [3.05, 3.63) is 46.3 Å². The summed E-state index contributed by atoms with van der Waals surface area (Å²) in [5.74, 6) is 0.530. The Hall–Kier alpha value is -1.41. The lowest BCUT2D eigenvalue weighted by molar-refractivity contribution is 0.0498. The second-order valence-electron chi connectivity index (χ2n) is 6.03. The summed E-state index contributed by atoms with van der Waals surface area (Å²) in [4.78, 5) is 12.4. The Morgan fingerprint density at radius 2 is 2.00 bits per heavy atom. The molecular weight excluding hydrogens is 370 g/mol. The predicted octanol–water partition coefficient (Wildman–Crippen LogP) is 3.20. The Morgan fingerprint density at radius 3 is 2.75 bits per heavy atom. The number of ketones is 1. The van der Waals surface area contributed by atoms with E-state index in [0.29, 0.717) is 28.6 Å². The molecule has 1 fully saturated rings. The average molecular weight is 384 g/mol. The second kappa shape index (κ2) is 5.56. The number of benzene rings is 1. The maximum atomic E-state index is 12.7. The molecule has 8 heteroatoms. The zero-order valence-electron chi connectivity index (χ0n) is 12.6. The highest BCUT2D eigenvalue weighted by atomic mass is 35.5. The van der Waals surface area contributed by atoms with Gasteiger partial charge in [-0.05, 0) is 24.3 Å². The number of carbonyl (C=O) groups excluding carboxylic acids is 1. The van der Waals surface area contributed by atoms with Crippen molar-refractivity contribution in [2.75, 3.05) is 13.1 Å². The maximum absolute atomic E-state index is 12.7. The first kappa shape index (κ1) is 16.1. The van der Waals surface area contributed by atoms with Gasteiger partial charge >= 0.3 is 0 Å². The number of Topliss-reactive ketones (excluding diaryl/α,β-unsaturated/α-hetero) is 1. The van der Waals surface area contributed by atoms with E-state index in [1.165, 1.54) is 10.4 Å². The van der Waals surface area contributed by atoms with Crippen molar-refractivity contribution in [2.45, 2.75) is 22.7 Å². The monoisotopic (exact) mass is 383 g/mol. The number of nitrogens with zero attached hydrogens (tertiary/aromatic N) is 1. The molecule has 0 N–H and O–H groups in total. The molecule has 1 saturated heterocycles. The van der Waals surface area contributed by atoms with Crippen molar-refractivity contribution in [1.82, 2.24) is 4.31 Å². The maximum Gasteiger partial charge on any atom is 0.252 e. The van der Waals surface area contributed by atoms with E-state index in [-0.39, 0.29) is 23.0 Å². The standard InChI is InChI=1S/C16H14ClNO4S2/c17-14-5-6-15(23-14)24(20,21)18-8-7-16(10-18)9-12(19)11-3-1-2-4-13(11)22-16/h1-6H,7-10H2. The molecule has 126 valence electrons. The molecule has 0 amide bonds. The van der Waals surface area contributed by atoms with Crippen molar-refractivity contribution in [2.24, 2.45) is 0 Å². The second-order valence-corrected chi connectivity index (χ2v) is 9.91. The molecular formula is C16H14ClNO4S2. The van der Waals surface area contributed by atoms with Gasteiger partial charge in [-0.1, -0.05) is 23.7 Å². The van der Waals surface area contributed by atoms with Gasteiger partial charge in [0.15, 0.2) is 5.78 Å². The largest absolute Gasteiger partial charge is 0.485 e. The van der Waals surface area contributed by atoms with Gasteiger partial charge in [0.05, 0.1) is 22.9 Å². The Bertz CT molecular complexity index is 924. The van der Waals surface area contributed by atoms with Crippen LogP contribution in [-0.4, -0.2) is 37.2 Å². The van der Waals surface area contributed by atoms with Crippen LogP contribution in [0.4, 0.5) is 0 Å². The summed E-state index contributed by atoms with van der Waals surface area (Å²) < 4.78 is 33.6. The van der Waals surface area contributed by atoms with Crippen LogP contribution < -0.4 is 4.74 Å². The minimum absolute atomic E-state index is 0.00438. The summed E-state index contributed by atoms with van der Waals surface area (Å²) in [5.41, 5.74) is -0.214. The molecule has 2 aliphatic heterocycles. The van der Waals surface area contributed by atoms with Crippen molar-refractivity contribution in [3.63, 3.8) is 0 Å². The molecule has 3 heterocycles. The number of hydrogen-bond donors (Lipinski definition) is 0. The van der Waals surface area contributed by atoms with Gasteiger partial charge < -0.3 is 4.74 Å². The van der Waals surface area contributed by atoms with Crippen LogP contribution in [0, 0.1) is 0 Å². The lowest BCUT2D eigenvalue weighted by Crippen LogP contribution is -2.45. The van der Waals surface area contributed by atoms with E-state index in [0.717, 1.165) is 11.3 Å². The van der Waals surface area contributed by atoms with Crippen LogP contribution in [0.1, 0.15) is 23.2 Å². The van der Waals surface area contributed by atoms with Gasteiger partial charge in [0, 0.05) is 13.0 Å². The van der Waals surface area contributed by atoms with Crippen molar-refractivity contribution in [3.8, 4) is 5.75 Å². The number of rotatable bonds is 2. The fourth-order valence-corrected chi connectivity index (χ4v) is 6.40. The quantitative estimate of drug-likeness (QED) is 0.798. The summed E-state index contributed by atoms with van der Waals surface area (Å²) in [7, 11) is -3.61. The van der Waals surface area contributed by atoms with Crippen molar-refractivity contribution < 1.29 is 17.9 Å². The minimum atomic E-state index is -3.61. The Kier molecular flexibility index (Phi) is 3.72. The molecule has 0 bridgehead atoms. The molecule has 1 atom stereocenters. The molecule has 24 heavy (non-hydrogen) atoms. The number of carbonyl (C=O) groups is 1. The van der Waals surface area contributed by atoms with Gasteiger partial charge in [-0.2, -0.15) is 4.31 Å². The van der Waals surface area contributed by atoms with Crippen LogP contribution in [-0.2, 0) is 10.0 Å². The minimum Gasteiger partial charge on any atom is -0.485 e. The van der Waals surface area contributed by atoms with E-state index in [1.54, 1.807) is 24.3 Å². The topological polar surface area (TPSA) is 63.7 Å². The summed E-state index contributed by atoms with van der Waals surface area (Å²) in [6.45, 7) is 0.498. The molecule has 1 aromatic heterocycles. The molecule has 4 rings (SSSR count). The first-order chi connectivity index (χ1) is 11.4. The Morgan fingerprint density at radius 1 is 1.21 bits per heavy atom. The smallest absolute Gasteiger partial charge is 0.252 e. The van der Waals surface area contributed by atoms with Gasteiger partial charge in [-0.25, -0.2) is 8.42 Å². The van der Waals surface area contributed by atoms with E-state index in [4.69, 9.17) is 16.3 Å². The summed E-state index contributed by atoms with van der Waals surface area (Å²) in [6.07, 6.45) is 0.687. The fraction of sp³-hybridized carbons (Fsp3) is 0.312. The number of sulfonamides is 1. The lowest BCUT2D eigenvalue weighted by Gasteiger charge is -2.34. The van der Waals surface area contributed by atoms with Gasteiger partial charge in [-0.15, -0.1) is 11.3 Å². The van der Waals surface area contributed by atoms with Gasteiger partial charge in [0.25, 0.3) is 10.0 Å². The van der Waals surface area contributed by atoms with Crippen LogP contribution in [0.3, 0.4) is 0 Å². The SMILES string of the molecule is O=C1CC2(CCN(S(=O)(=O)c3ccc(Cl)s3)C2)Oc2ccccc21. The summed E-state index contributed by atoms with van der Waals surface area (Å²) in [5, 5.41) is 0. The summed E-state index contributed by atoms with van der Waals surface area (Å²) in [6, 6.07) is 10.2. The van der Waals surface area contributed by atoms with E-state index < -0.39 is 15.6 Å². The molecule has 1 unspecified atom stereocenters. The lowest BCUT2D eigenvalue weighted by atomic mass is 9.89. The van der Waals surface area contributed by atoms with Crippen LogP contribution >= 0.6 is 22.9 Å². The van der Waals surface area contributed by atoms with Gasteiger partial charge in [0.2, 0.25) is 0 Å². The van der Waals surface area contributed by atoms with Crippen LogP contribution in [0.15, 0.2) is 40.6 Å². The van der Waals surface area contributed by atoms with Crippen LogP contribution in [0.2, 0.25) is 4.34 Å². The molecule has 1 spiro atoms. The number of fused-ring (bicyclic) bond motifs is 1. The third kappa shape index (κ3) is 2.56. The van der Waals surface area contributed by atoms with E-state index in [2.05, 4.69) is 0 Å². The zero-order valence-corrected chi connectivity index (χ0v) is 15.0. The average Bonchev–Trinajstić information content (AvgIpc) is 3.15. The Balaban J connectivity index is 1.62. The zero-order chi connectivity index (χ0) is 16.9. The number of halogens is 1. The van der Waals surface area contributed by atoms with Gasteiger partial charge in [0.1, 0.15) is 15.6 Å². The number of para-hydroxylation sites is 1. The van der Waals surface area contributed by atoms with E-state index in [1.807, 2.05) is 6.07 Å². The van der Waals surface area contributed by atoms with E-state index >= 15 is 0 Å². The normalized spacial score (nSPS) is 24.1. The molecule has 1 aromatic carbocycles. The Labute approximate surface area is 148 Å². The molecule has 2 aliphatic rings. The number of hydrogen-bond acceptors (Lipinski definition) is 5. The predicted molar refractivity (Wildman–Crippen MR) is 91.5 cm³/mol. The fourth-order valence-electron chi connectivity index (χ4n) is 3.25. The summed E-state index contributed by atoms with van der Waals surface area (Å²) >= 11 is 6.89. The van der Waals surface area contributed by atoms with E-state index in [9.17, 15) is 13.2 Å². The highest BCUT2D eigenvalue weighted by molar-refractivity contribution is 7.91. The first-order valence-electron chi connectivity index (χ1n) is 7.46. The number of ether oxygens (including phenoxy) is 1. The molecule has 0 aliphatic carbocycles. The third-order valence-corrected chi connectivity index (χ3v) is 7.96. The molecule has 0 saturated carbocycles. The van der Waals surface area contributed by atoms with Crippen molar-refractivity contribution >= 4 is 38.7 Å².